The van der Waals surface area contributed by atoms with E-state index >= 15 is 0 Å². The van der Waals surface area contributed by atoms with Gasteiger partial charge in [0.15, 0.2) is 17.5 Å². The van der Waals surface area contributed by atoms with Crippen molar-refractivity contribution in [2.45, 2.75) is 18.9 Å². The summed E-state index contributed by atoms with van der Waals surface area (Å²) in [6.45, 7) is 0. The number of thiophene rings is 1. The van der Waals surface area contributed by atoms with Gasteiger partial charge < -0.3 is 0 Å². The summed E-state index contributed by atoms with van der Waals surface area (Å²) in [6.07, 6.45) is 1.18. The van der Waals surface area contributed by atoms with E-state index in [1.165, 1.54) is 6.07 Å². The summed E-state index contributed by atoms with van der Waals surface area (Å²) in [5, 5.41) is 1.94. The third-order valence-electron chi connectivity index (χ3n) is 2.90. The highest BCUT2D eigenvalue weighted by Crippen LogP contribution is 2.25. The molecule has 0 aliphatic carbocycles. The van der Waals surface area contributed by atoms with Crippen LogP contribution in [0.25, 0.3) is 0 Å². The number of hydrazine groups is 1. The van der Waals surface area contributed by atoms with Crippen molar-refractivity contribution in [3.8, 4) is 0 Å². The Kier molecular flexibility index (Phi) is 4.57. The van der Waals surface area contributed by atoms with Crippen molar-refractivity contribution in [2.24, 2.45) is 5.84 Å². The summed E-state index contributed by atoms with van der Waals surface area (Å²) < 4.78 is 39.7. The fraction of sp³-hybridized carbons (Fsp3) is 0.231. The van der Waals surface area contributed by atoms with E-state index in [0.717, 1.165) is 10.9 Å². The maximum atomic E-state index is 13.7. The first kappa shape index (κ1) is 14.0. The molecule has 1 atom stereocenters. The number of nitrogens with one attached hydrogen (secondary N) is 1. The minimum Gasteiger partial charge on any atom is -0.271 e. The molecule has 0 aliphatic rings. The van der Waals surface area contributed by atoms with Gasteiger partial charge >= 0.3 is 0 Å². The Hall–Kier alpha value is -1.37. The van der Waals surface area contributed by atoms with Crippen LogP contribution in [-0.2, 0) is 6.42 Å². The lowest BCUT2D eigenvalue weighted by atomic mass is 10.0. The van der Waals surface area contributed by atoms with Crippen LogP contribution in [0.5, 0.6) is 0 Å². The number of aryl methyl sites for hydroxylation is 1. The number of halogens is 3. The number of benzene rings is 1. The number of hydrogen-bond acceptors (Lipinski definition) is 3. The van der Waals surface area contributed by atoms with Crippen molar-refractivity contribution in [1.82, 2.24) is 5.43 Å². The van der Waals surface area contributed by atoms with E-state index in [4.69, 9.17) is 5.84 Å². The minimum atomic E-state index is -1.46. The molecule has 6 heteroatoms. The smallest absolute Gasteiger partial charge is 0.194 e. The Morgan fingerprint density at radius 3 is 2.58 bits per heavy atom. The Bertz CT molecular complexity index is 543. The third kappa shape index (κ3) is 3.15. The molecule has 3 N–H and O–H groups in total. The van der Waals surface area contributed by atoms with Crippen molar-refractivity contribution in [1.29, 1.82) is 0 Å². The molecule has 0 aliphatic heterocycles. The van der Waals surface area contributed by atoms with Crippen LogP contribution in [0.1, 0.15) is 22.9 Å². The summed E-state index contributed by atoms with van der Waals surface area (Å²) in [4.78, 5) is 1.13. The second-order valence-electron chi connectivity index (χ2n) is 4.10. The first-order chi connectivity index (χ1) is 9.13. The molecule has 0 amide bonds. The first-order valence-corrected chi connectivity index (χ1v) is 6.63. The van der Waals surface area contributed by atoms with Crippen LogP contribution in [0, 0.1) is 17.5 Å². The van der Waals surface area contributed by atoms with Crippen LogP contribution < -0.4 is 11.3 Å². The van der Waals surface area contributed by atoms with Gasteiger partial charge in [-0.25, -0.2) is 13.2 Å². The quantitative estimate of drug-likeness (QED) is 0.503. The lowest BCUT2D eigenvalue weighted by Crippen LogP contribution is -2.29. The average molecular weight is 286 g/mol. The lowest BCUT2D eigenvalue weighted by molar-refractivity contribution is 0.419. The van der Waals surface area contributed by atoms with Crippen LogP contribution in [0.3, 0.4) is 0 Å². The second-order valence-corrected chi connectivity index (χ2v) is 5.13. The molecule has 102 valence electrons. The minimum absolute atomic E-state index is 0.0398. The molecule has 0 fully saturated rings. The molecule has 0 spiro atoms. The Morgan fingerprint density at radius 1 is 1.16 bits per heavy atom. The maximum absolute atomic E-state index is 13.7. The van der Waals surface area contributed by atoms with Gasteiger partial charge in [-0.15, -0.1) is 11.3 Å². The molecule has 1 unspecified atom stereocenters. The maximum Gasteiger partial charge on any atom is 0.194 e. The molecule has 0 saturated carbocycles. The summed E-state index contributed by atoms with van der Waals surface area (Å²) in [7, 11) is 0. The zero-order valence-electron chi connectivity index (χ0n) is 10.00. The molecule has 0 saturated heterocycles. The van der Waals surface area contributed by atoms with Crippen molar-refractivity contribution in [2.75, 3.05) is 0 Å². The van der Waals surface area contributed by atoms with Gasteiger partial charge in [0.05, 0.1) is 0 Å². The predicted octanol–water partition coefficient (Wildman–Crippen LogP) is 3.30. The lowest BCUT2D eigenvalue weighted by Gasteiger charge is -2.17. The number of rotatable bonds is 5. The Labute approximate surface area is 113 Å². The van der Waals surface area contributed by atoms with E-state index in [9.17, 15) is 13.2 Å². The topological polar surface area (TPSA) is 38.0 Å². The average Bonchev–Trinajstić information content (AvgIpc) is 2.92. The van der Waals surface area contributed by atoms with Gasteiger partial charge in [-0.3, -0.25) is 11.3 Å². The molecule has 1 heterocycles. The zero-order chi connectivity index (χ0) is 13.8. The SMILES string of the molecule is NNC(CCc1cccs1)c1ccc(F)c(F)c1F. The van der Waals surface area contributed by atoms with Gasteiger partial charge in [0, 0.05) is 16.5 Å². The van der Waals surface area contributed by atoms with Crippen molar-refractivity contribution in [3.05, 3.63) is 57.5 Å². The van der Waals surface area contributed by atoms with Gasteiger partial charge in [-0.05, 0) is 30.4 Å². The van der Waals surface area contributed by atoms with Crippen LogP contribution >= 0.6 is 11.3 Å². The molecule has 0 radical (unpaired) electrons. The normalized spacial score (nSPS) is 12.6. The Morgan fingerprint density at radius 2 is 1.95 bits per heavy atom. The predicted molar refractivity (Wildman–Crippen MR) is 69.0 cm³/mol. The second kappa shape index (κ2) is 6.18. The molecule has 2 rings (SSSR count). The van der Waals surface area contributed by atoms with Crippen molar-refractivity contribution >= 4 is 11.3 Å². The van der Waals surface area contributed by atoms with Gasteiger partial charge in [-0.2, -0.15) is 0 Å². The standard InChI is InChI=1S/C13H13F3N2S/c14-10-5-4-9(12(15)13(10)16)11(18-17)6-3-8-2-1-7-19-8/h1-2,4-5,7,11,18H,3,6,17H2. The highest BCUT2D eigenvalue weighted by Gasteiger charge is 2.20. The van der Waals surface area contributed by atoms with Crippen LogP contribution in [0.2, 0.25) is 0 Å². The van der Waals surface area contributed by atoms with E-state index in [1.807, 2.05) is 17.5 Å². The molecule has 0 bridgehead atoms. The molecule has 19 heavy (non-hydrogen) atoms. The van der Waals surface area contributed by atoms with Crippen LogP contribution in [0.4, 0.5) is 13.2 Å². The zero-order valence-corrected chi connectivity index (χ0v) is 10.8. The van der Waals surface area contributed by atoms with Crippen LogP contribution in [-0.4, -0.2) is 0 Å². The van der Waals surface area contributed by atoms with Gasteiger partial charge in [0.2, 0.25) is 0 Å². The first-order valence-electron chi connectivity index (χ1n) is 5.75. The fourth-order valence-electron chi connectivity index (χ4n) is 1.88. The van der Waals surface area contributed by atoms with E-state index in [2.05, 4.69) is 5.43 Å². The molecule has 2 aromatic rings. The van der Waals surface area contributed by atoms with E-state index in [1.54, 1.807) is 11.3 Å². The number of nitrogens with two attached hydrogens (primary N) is 1. The highest BCUT2D eigenvalue weighted by atomic mass is 32.1. The van der Waals surface area contributed by atoms with Crippen LogP contribution in [0.15, 0.2) is 29.6 Å². The summed E-state index contributed by atoms with van der Waals surface area (Å²) in [5.41, 5.74) is 2.48. The molecule has 2 nitrogen and oxygen atoms in total. The van der Waals surface area contributed by atoms with Gasteiger partial charge in [0.25, 0.3) is 0 Å². The summed E-state index contributed by atoms with van der Waals surface area (Å²) in [5.74, 6) is 1.52. The van der Waals surface area contributed by atoms with Gasteiger partial charge in [0.1, 0.15) is 0 Å². The van der Waals surface area contributed by atoms with E-state index in [-0.39, 0.29) is 5.56 Å². The third-order valence-corrected chi connectivity index (χ3v) is 3.84. The summed E-state index contributed by atoms with van der Waals surface area (Å²) >= 11 is 1.58. The largest absolute Gasteiger partial charge is 0.271 e. The van der Waals surface area contributed by atoms with E-state index in [0.29, 0.717) is 12.8 Å². The van der Waals surface area contributed by atoms with Crippen molar-refractivity contribution < 1.29 is 13.2 Å². The Balaban J connectivity index is 2.15. The number of hydrogen-bond donors (Lipinski definition) is 2. The molecule has 1 aromatic heterocycles. The molecule has 1 aromatic carbocycles. The highest BCUT2D eigenvalue weighted by molar-refractivity contribution is 7.09. The van der Waals surface area contributed by atoms with E-state index < -0.39 is 23.5 Å². The molecular formula is C13H13F3N2S. The summed E-state index contributed by atoms with van der Waals surface area (Å²) in [6, 6.07) is 5.44. The van der Waals surface area contributed by atoms with Crippen molar-refractivity contribution in [3.63, 3.8) is 0 Å². The molecular weight excluding hydrogens is 273 g/mol. The fourth-order valence-corrected chi connectivity index (χ4v) is 2.60. The monoisotopic (exact) mass is 286 g/mol. The van der Waals surface area contributed by atoms with Gasteiger partial charge in [-0.1, -0.05) is 12.1 Å².